The number of methoxy groups -OCH3 is 1. The predicted molar refractivity (Wildman–Crippen MR) is 79.6 cm³/mol. The van der Waals surface area contributed by atoms with E-state index in [0.717, 1.165) is 13.1 Å². The molecule has 1 N–H and O–H groups in total. The lowest BCUT2D eigenvalue weighted by molar-refractivity contribution is 0.0190. The summed E-state index contributed by atoms with van der Waals surface area (Å²) in [4.78, 5) is 2.17. The van der Waals surface area contributed by atoms with E-state index in [9.17, 15) is 5.11 Å². The summed E-state index contributed by atoms with van der Waals surface area (Å²) in [5.41, 5.74) is 1.21. The Hall–Kier alpha value is -1.14. The minimum absolute atomic E-state index is 0.322. The number of hydrogen-bond acceptors (Lipinski definition) is 4. The molecule has 0 unspecified atom stereocenters. The standard InChI is InChI=1S/C15H26N2O3/c1-4-9-20-13-15(18)12-17(8-10-19-3)11-14-6-5-7-16(14)2/h4-7,15,18H,1,8-13H2,2-3H3/t15-/m1/s1. The Balaban J connectivity index is 2.46. The van der Waals surface area contributed by atoms with E-state index in [1.165, 1.54) is 5.69 Å². The molecule has 1 rings (SSSR count). The zero-order valence-corrected chi connectivity index (χ0v) is 12.5. The molecule has 0 amide bonds. The first-order valence-corrected chi connectivity index (χ1v) is 6.85. The average Bonchev–Trinajstić information content (AvgIpc) is 2.82. The summed E-state index contributed by atoms with van der Waals surface area (Å²) in [6, 6.07) is 4.11. The first-order chi connectivity index (χ1) is 9.67. The summed E-state index contributed by atoms with van der Waals surface area (Å²) >= 11 is 0. The van der Waals surface area contributed by atoms with Gasteiger partial charge in [-0.3, -0.25) is 4.90 Å². The van der Waals surface area contributed by atoms with Gasteiger partial charge in [-0.2, -0.15) is 0 Å². The van der Waals surface area contributed by atoms with Crippen molar-refractivity contribution in [3.05, 3.63) is 36.7 Å². The van der Waals surface area contributed by atoms with Crippen molar-refractivity contribution in [1.29, 1.82) is 0 Å². The van der Waals surface area contributed by atoms with Crippen LogP contribution in [-0.2, 0) is 23.1 Å². The van der Waals surface area contributed by atoms with E-state index in [-0.39, 0.29) is 0 Å². The molecule has 0 saturated heterocycles. The van der Waals surface area contributed by atoms with Crippen molar-refractivity contribution in [2.75, 3.05) is 40.0 Å². The summed E-state index contributed by atoms with van der Waals surface area (Å²) < 4.78 is 12.5. The van der Waals surface area contributed by atoms with E-state index in [2.05, 4.69) is 22.1 Å². The van der Waals surface area contributed by atoms with Gasteiger partial charge in [0, 0.05) is 45.7 Å². The number of nitrogens with zero attached hydrogens (tertiary/aromatic N) is 2. The van der Waals surface area contributed by atoms with Gasteiger partial charge < -0.3 is 19.1 Å². The Bertz CT molecular complexity index is 379. The minimum Gasteiger partial charge on any atom is -0.389 e. The van der Waals surface area contributed by atoms with E-state index in [1.54, 1.807) is 13.2 Å². The van der Waals surface area contributed by atoms with Crippen molar-refractivity contribution in [2.24, 2.45) is 7.05 Å². The van der Waals surface area contributed by atoms with Crippen LogP contribution in [0, 0.1) is 0 Å². The van der Waals surface area contributed by atoms with Gasteiger partial charge in [0.05, 0.1) is 25.9 Å². The van der Waals surface area contributed by atoms with Gasteiger partial charge in [-0.1, -0.05) is 6.08 Å². The van der Waals surface area contributed by atoms with Crippen LogP contribution in [0.15, 0.2) is 31.0 Å². The molecule has 5 heteroatoms. The van der Waals surface area contributed by atoms with Gasteiger partial charge in [-0.15, -0.1) is 6.58 Å². The third-order valence-electron chi connectivity index (χ3n) is 3.06. The molecule has 0 aromatic carbocycles. The Morgan fingerprint density at radius 3 is 2.95 bits per heavy atom. The number of aromatic nitrogens is 1. The van der Waals surface area contributed by atoms with Crippen molar-refractivity contribution in [3.8, 4) is 0 Å². The first kappa shape index (κ1) is 16.9. The SMILES string of the molecule is C=CCOC[C@H](O)CN(CCOC)Cc1cccn1C. The second kappa shape index (κ2) is 9.72. The summed E-state index contributed by atoms with van der Waals surface area (Å²) in [5.74, 6) is 0. The van der Waals surface area contributed by atoms with Crippen molar-refractivity contribution < 1.29 is 14.6 Å². The quantitative estimate of drug-likeness (QED) is 0.486. The van der Waals surface area contributed by atoms with Crippen LogP contribution in [0.4, 0.5) is 0 Å². The molecule has 0 aliphatic rings. The number of aryl methyl sites for hydroxylation is 1. The summed E-state index contributed by atoms with van der Waals surface area (Å²) in [7, 11) is 3.71. The zero-order chi connectivity index (χ0) is 14.8. The van der Waals surface area contributed by atoms with Gasteiger partial charge in [-0.05, 0) is 12.1 Å². The van der Waals surface area contributed by atoms with Gasteiger partial charge in [0.15, 0.2) is 0 Å². The number of ether oxygens (including phenoxy) is 2. The fourth-order valence-corrected chi connectivity index (χ4v) is 1.98. The lowest BCUT2D eigenvalue weighted by Gasteiger charge is -2.25. The fourth-order valence-electron chi connectivity index (χ4n) is 1.98. The van der Waals surface area contributed by atoms with Crippen molar-refractivity contribution in [3.63, 3.8) is 0 Å². The lowest BCUT2D eigenvalue weighted by atomic mass is 10.3. The van der Waals surface area contributed by atoms with Gasteiger partial charge in [0.2, 0.25) is 0 Å². The molecule has 114 valence electrons. The summed E-state index contributed by atoms with van der Waals surface area (Å²) in [5, 5.41) is 9.99. The second-order valence-electron chi connectivity index (χ2n) is 4.82. The highest BCUT2D eigenvalue weighted by Gasteiger charge is 2.13. The minimum atomic E-state index is -0.507. The Kier molecular flexibility index (Phi) is 8.22. The average molecular weight is 282 g/mol. The highest BCUT2D eigenvalue weighted by Crippen LogP contribution is 2.06. The molecule has 0 saturated carbocycles. The maximum Gasteiger partial charge on any atom is 0.0900 e. The third kappa shape index (κ3) is 6.34. The molecule has 1 aromatic heterocycles. The smallest absolute Gasteiger partial charge is 0.0900 e. The van der Waals surface area contributed by atoms with Crippen LogP contribution in [0.2, 0.25) is 0 Å². The zero-order valence-electron chi connectivity index (χ0n) is 12.5. The summed E-state index contributed by atoms with van der Waals surface area (Å²) in [6.45, 7) is 7.14. The monoisotopic (exact) mass is 282 g/mol. The molecule has 1 heterocycles. The predicted octanol–water partition coefficient (Wildman–Crippen LogP) is 1.04. The van der Waals surface area contributed by atoms with Gasteiger partial charge in [-0.25, -0.2) is 0 Å². The van der Waals surface area contributed by atoms with Crippen molar-refractivity contribution >= 4 is 0 Å². The second-order valence-corrected chi connectivity index (χ2v) is 4.82. The molecule has 1 atom stereocenters. The van der Waals surface area contributed by atoms with Crippen LogP contribution in [-0.4, -0.2) is 60.7 Å². The van der Waals surface area contributed by atoms with Crippen LogP contribution >= 0.6 is 0 Å². The number of hydrogen-bond donors (Lipinski definition) is 1. The number of aliphatic hydroxyl groups is 1. The van der Waals surface area contributed by atoms with Crippen LogP contribution in [0.1, 0.15) is 5.69 Å². The van der Waals surface area contributed by atoms with Crippen LogP contribution in [0.25, 0.3) is 0 Å². The van der Waals surface area contributed by atoms with Crippen molar-refractivity contribution in [2.45, 2.75) is 12.6 Å². The van der Waals surface area contributed by atoms with E-state index in [0.29, 0.717) is 26.4 Å². The maximum atomic E-state index is 9.99. The molecular formula is C15H26N2O3. The fraction of sp³-hybridized carbons (Fsp3) is 0.600. The van der Waals surface area contributed by atoms with Crippen molar-refractivity contribution in [1.82, 2.24) is 9.47 Å². The van der Waals surface area contributed by atoms with Crippen LogP contribution in [0.3, 0.4) is 0 Å². The Morgan fingerprint density at radius 2 is 2.35 bits per heavy atom. The maximum absolute atomic E-state index is 9.99. The van der Waals surface area contributed by atoms with Crippen LogP contribution < -0.4 is 0 Å². The van der Waals surface area contributed by atoms with E-state index >= 15 is 0 Å². The van der Waals surface area contributed by atoms with E-state index in [4.69, 9.17) is 9.47 Å². The largest absolute Gasteiger partial charge is 0.389 e. The highest BCUT2D eigenvalue weighted by atomic mass is 16.5. The van der Waals surface area contributed by atoms with Crippen LogP contribution in [0.5, 0.6) is 0 Å². The molecule has 20 heavy (non-hydrogen) atoms. The number of aliphatic hydroxyl groups excluding tert-OH is 1. The van der Waals surface area contributed by atoms with E-state index in [1.807, 2.05) is 19.3 Å². The topological polar surface area (TPSA) is 46.9 Å². The summed E-state index contributed by atoms with van der Waals surface area (Å²) in [6.07, 6.45) is 3.19. The molecule has 0 aliphatic heterocycles. The molecule has 0 radical (unpaired) electrons. The Morgan fingerprint density at radius 1 is 1.55 bits per heavy atom. The molecular weight excluding hydrogens is 256 g/mol. The molecule has 1 aromatic rings. The first-order valence-electron chi connectivity index (χ1n) is 6.85. The normalized spacial score (nSPS) is 12.8. The lowest BCUT2D eigenvalue weighted by Crippen LogP contribution is -2.37. The molecule has 0 spiro atoms. The van der Waals surface area contributed by atoms with Gasteiger partial charge >= 0.3 is 0 Å². The molecule has 0 fully saturated rings. The molecule has 0 bridgehead atoms. The molecule has 0 aliphatic carbocycles. The van der Waals surface area contributed by atoms with E-state index < -0.39 is 6.10 Å². The third-order valence-corrected chi connectivity index (χ3v) is 3.06. The molecule has 5 nitrogen and oxygen atoms in total. The Labute approximate surface area is 121 Å². The van der Waals surface area contributed by atoms with Gasteiger partial charge in [0.1, 0.15) is 0 Å². The van der Waals surface area contributed by atoms with Gasteiger partial charge in [0.25, 0.3) is 0 Å². The highest BCUT2D eigenvalue weighted by molar-refractivity contribution is 5.06. The number of rotatable bonds is 11.